The highest BCUT2D eigenvalue weighted by atomic mass is 16.6. The Labute approximate surface area is 97.8 Å². The molecule has 1 atom stereocenters. The summed E-state index contributed by atoms with van der Waals surface area (Å²) >= 11 is 0. The predicted molar refractivity (Wildman–Crippen MR) is 60.7 cm³/mol. The van der Waals surface area contributed by atoms with E-state index in [4.69, 9.17) is 4.74 Å². The van der Waals surface area contributed by atoms with Crippen LogP contribution in [-0.4, -0.2) is 24.3 Å². The van der Waals surface area contributed by atoms with E-state index in [1.807, 2.05) is 6.92 Å². The largest absolute Gasteiger partial charge is 0.355 e. The molecule has 1 aliphatic heterocycles. The Hall–Kier alpha value is -2.02. The van der Waals surface area contributed by atoms with Crippen molar-refractivity contribution in [3.8, 4) is 0 Å². The van der Waals surface area contributed by atoms with E-state index in [2.05, 4.69) is 10.3 Å². The summed E-state index contributed by atoms with van der Waals surface area (Å²) in [6.45, 7) is 2.94. The average Bonchev–Trinajstić information content (AvgIpc) is 2.78. The summed E-state index contributed by atoms with van der Waals surface area (Å²) in [4.78, 5) is 10.1. The minimum Gasteiger partial charge on any atom is -0.355 e. The molecule has 0 bridgehead atoms. The SMILES string of the molecule is CCO[C@@H]1CN=NN1c1ccc([N+](=O)[O-])cc1. The Morgan fingerprint density at radius 3 is 2.82 bits per heavy atom. The van der Waals surface area contributed by atoms with Crippen molar-refractivity contribution in [3.05, 3.63) is 34.4 Å². The minimum atomic E-state index is -0.435. The zero-order chi connectivity index (χ0) is 12.3. The lowest BCUT2D eigenvalue weighted by Gasteiger charge is -2.20. The van der Waals surface area contributed by atoms with Gasteiger partial charge in [0, 0.05) is 18.7 Å². The molecule has 0 aliphatic carbocycles. The molecule has 17 heavy (non-hydrogen) atoms. The summed E-state index contributed by atoms with van der Waals surface area (Å²) in [6.07, 6.45) is -0.221. The van der Waals surface area contributed by atoms with Crippen molar-refractivity contribution in [3.63, 3.8) is 0 Å². The van der Waals surface area contributed by atoms with Crippen molar-refractivity contribution < 1.29 is 9.66 Å². The summed E-state index contributed by atoms with van der Waals surface area (Å²) in [7, 11) is 0. The monoisotopic (exact) mass is 236 g/mol. The average molecular weight is 236 g/mol. The Balaban J connectivity index is 2.16. The first-order valence-corrected chi connectivity index (χ1v) is 5.25. The van der Waals surface area contributed by atoms with Gasteiger partial charge in [0.05, 0.1) is 10.6 Å². The molecule has 2 rings (SSSR count). The number of ether oxygens (including phenoxy) is 1. The number of rotatable bonds is 4. The summed E-state index contributed by atoms with van der Waals surface area (Å²) in [5, 5.41) is 20.0. The third kappa shape index (κ3) is 2.39. The van der Waals surface area contributed by atoms with Crippen molar-refractivity contribution in [2.45, 2.75) is 13.2 Å². The smallest absolute Gasteiger partial charge is 0.269 e. The fourth-order valence-electron chi connectivity index (χ4n) is 1.57. The molecule has 1 aliphatic rings. The second-order valence-electron chi connectivity index (χ2n) is 3.44. The first-order valence-electron chi connectivity index (χ1n) is 5.25. The van der Waals surface area contributed by atoms with Crippen LogP contribution in [0.3, 0.4) is 0 Å². The maximum atomic E-state index is 10.5. The zero-order valence-corrected chi connectivity index (χ0v) is 9.31. The van der Waals surface area contributed by atoms with E-state index >= 15 is 0 Å². The van der Waals surface area contributed by atoms with Gasteiger partial charge in [0.2, 0.25) is 0 Å². The maximum Gasteiger partial charge on any atom is 0.269 e. The van der Waals surface area contributed by atoms with Gasteiger partial charge < -0.3 is 4.74 Å². The van der Waals surface area contributed by atoms with Crippen LogP contribution in [0.4, 0.5) is 11.4 Å². The van der Waals surface area contributed by atoms with Crippen LogP contribution in [0.2, 0.25) is 0 Å². The minimum absolute atomic E-state index is 0.0536. The van der Waals surface area contributed by atoms with Gasteiger partial charge in [-0.25, -0.2) is 5.01 Å². The predicted octanol–water partition coefficient (Wildman–Crippen LogP) is 2.14. The number of nitro benzene ring substituents is 1. The number of nitrogens with zero attached hydrogens (tertiary/aromatic N) is 4. The topological polar surface area (TPSA) is 80.3 Å². The molecular weight excluding hydrogens is 224 g/mol. The molecule has 7 heteroatoms. The fourth-order valence-corrected chi connectivity index (χ4v) is 1.57. The quantitative estimate of drug-likeness (QED) is 0.592. The number of hydrogen-bond acceptors (Lipinski definition) is 6. The van der Waals surface area contributed by atoms with Crippen LogP contribution in [0.25, 0.3) is 0 Å². The summed E-state index contributed by atoms with van der Waals surface area (Å²) < 4.78 is 5.45. The third-order valence-corrected chi connectivity index (χ3v) is 2.35. The van der Waals surface area contributed by atoms with Gasteiger partial charge in [0.15, 0.2) is 6.23 Å². The van der Waals surface area contributed by atoms with Gasteiger partial charge in [-0.1, -0.05) is 5.22 Å². The maximum absolute atomic E-state index is 10.5. The van der Waals surface area contributed by atoms with Crippen LogP contribution in [0, 0.1) is 10.1 Å². The van der Waals surface area contributed by atoms with Crippen LogP contribution < -0.4 is 5.01 Å². The summed E-state index contributed by atoms with van der Waals surface area (Å²) in [6, 6.07) is 6.14. The fraction of sp³-hybridized carbons (Fsp3) is 0.400. The molecular formula is C10H12N4O3. The standard InChI is InChI=1S/C10H12N4O3/c1-2-17-10-7-11-12-13(10)8-3-5-9(6-4-8)14(15)16/h3-6,10H,2,7H2,1H3/t10-/m1/s1. The van der Waals surface area contributed by atoms with E-state index in [1.54, 1.807) is 17.1 Å². The highest BCUT2D eigenvalue weighted by molar-refractivity contribution is 5.50. The normalized spacial score (nSPS) is 18.6. The molecule has 7 nitrogen and oxygen atoms in total. The zero-order valence-electron chi connectivity index (χ0n) is 9.31. The van der Waals surface area contributed by atoms with E-state index in [1.165, 1.54) is 12.1 Å². The van der Waals surface area contributed by atoms with Crippen molar-refractivity contribution >= 4 is 11.4 Å². The molecule has 1 aromatic rings. The molecule has 0 amide bonds. The van der Waals surface area contributed by atoms with Crippen LogP contribution in [0.1, 0.15) is 6.92 Å². The molecule has 0 unspecified atom stereocenters. The molecule has 90 valence electrons. The molecule has 0 saturated carbocycles. The first kappa shape index (κ1) is 11.5. The Morgan fingerprint density at radius 1 is 1.53 bits per heavy atom. The summed E-state index contributed by atoms with van der Waals surface area (Å²) in [5.74, 6) is 0. The Kier molecular flexibility index (Phi) is 3.29. The van der Waals surface area contributed by atoms with Crippen molar-refractivity contribution in [1.82, 2.24) is 0 Å². The van der Waals surface area contributed by atoms with Crippen LogP contribution in [-0.2, 0) is 4.74 Å². The number of anilines is 1. The lowest BCUT2D eigenvalue weighted by molar-refractivity contribution is -0.384. The highest BCUT2D eigenvalue weighted by Crippen LogP contribution is 2.24. The molecule has 0 fully saturated rings. The van der Waals surface area contributed by atoms with Crippen molar-refractivity contribution in [1.29, 1.82) is 0 Å². The number of hydrogen-bond donors (Lipinski definition) is 0. The lowest BCUT2D eigenvalue weighted by atomic mass is 10.2. The van der Waals surface area contributed by atoms with Gasteiger partial charge in [0.1, 0.15) is 6.54 Å². The van der Waals surface area contributed by atoms with Gasteiger partial charge in [-0.15, -0.1) is 0 Å². The number of non-ortho nitro benzene ring substituents is 1. The van der Waals surface area contributed by atoms with Gasteiger partial charge in [-0.05, 0) is 19.1 Å². The van der Waals surface area contributed by atoms with Crippen LogP contribution >= 0.6 is 0 Å². The molecule has 0 aromatic heterocycles. The Bertz CT molecular complexity index is 432. The van der Waals surface area contributed by atoms with Crippen LogP contribution in [0.5, 0.6) is 0 Å². The molecule has 1 heterocycles. The van der Waals surface area contributed by atoms with E-state index in [9.17, 15) is 10.1 Å². The molecule has 0 saturated heterocycles. The van der Waals surface area contributed by atoms with E-state index < -0.39 is 4.92 Å². The van der Waals surface area contributed by atoms with E-state index in [-0.39, 0.29) is 11.9 Å². The molecule has 0 N–H and O–H groups in total. The van der Waals surface area contributed by atoms with Gasteiger partial charge in [-0.2, -0.15) is 5.11 Å². The van der Waals surface area contributed by atoms with Crippen molar-refractivity contribution in [2.24, 2.45) is 10.3 Å². The molecule has 0 radical (unpaired) electrons. The van der Waals surface area contributed by atoms with Gasteiger partial charge in [0.25, 0.3) is 5.69 Å². The molecule has 1 aromatic carbocycles. The summed E-state index contributed by atoms with van der Waals surface area (Å²) in [5.41, 5.74) is 0.785. The Morgan fingerprint density at radius 2 is 2.24 bits per heavy atom. The lowest BCUT2D eigenvalue weighted by Crippen LogP contribution is -2.31. The van der Waals surface area contributed by atoms with Crippen molar-refractivity contribution in [2.75, 3.05) is 18.2 Å². The number of benzene rings is 1. The second kappa shape index (κ2) is 4.88. The van der Waals surface area contributed by atoms with E-state index in [0.29, 0.717) is 13.2 Å². The second-order valence-corrected chi connectivity index (χ2v) is 3.44. The van der Waals surface area contributed by atoms with Gasteiger partial charge in [-0.3, -0.25) is 10.1 Å². The van der Waals surface area contributed by atoms with Crippen LogP contribution in [0.15, 0.2) is 34.6 Å². The highest BCUT2D eigenvalue weighted by Gasteiger charge is 2.24. The number of nitro groups is 1. The third-order valence-electron chi connectivity index (χ3n) is 2.35. The molecule has 0 spiro atoms. The van der Waals surface area contributed by atoms with Gasteiger partial charge >= 0.3 is 0 Å². The van der Waals surface area contributed by atoms with E-state index in [0.717, 1.165) is 5.69 Å². The first-order chi connectivity index (χ1) is 8.22.